The smallest absolute Gasteiger partial charge is 0.407 e. The van der Waals surface area contributed by atoms with Crippen LogP contribution in [-0.2, 0) is 4.79 Å². The van der Waals surface area contributed by atoms with Gasteiger partial charge in [0.2, 0.25) is 5.91 Å². The summed E-state index contributed by atoms with van der Waals surface area (Å²) in [6.07, 6.45) is 4.89. The molecule has 2 fully saturated rings. The molecule has 1 unspecified atom stereocenters. The first-order chi connectivity index (χ1) is 15.4. The summed E-state index contributed by atoms with van der Waals surface area (Å²) in [6, 6.07) is 5.00. The highest BCUT2D eigenvalue weighted by Gasteiger charge is 2.31. The predicted octanol–water partition coefficient (Wildman–Crippen LogP) is 3.37. The molecule has 7 nitrogen and oxygen atoms in total. The summed E-state index contributed by atoms with van der Waals surface area (Å²) < 4.78 is 20.3. The van der Waals surface area contributed by atoms with Gasteiger partial charge in [-0.15, -0.1) is 0 Å². The molecule has 1 aromatic rings. The van der Waals surface area contributed by atoms with Crippen molar-refractivity contribution in [3.63, 3.8) is 0 Å². The van der Waals surface area contributed by atoms with Crippen LogP contribution < -0.4 is 4.74 Å². The van der Waals surface area contributed by atoms with E-state index in [4.69, 9.17) is 9.84 Å². The molecule has 2 heterocycles. The average Bonchev–Trinajstić information content (AvgIpc) is 3.24. The lowest BCUT2D eigenvalue weighted by atomic mass is 9.86. The fourth-order valence-corrected chi connectivity index (χ4v) is 4.84. The summed E-state index contributed by atoms with van der Waals surface area (Å²) in [4.78, 5) is 26.8. The molecule has 2 amide bonds. The van der Waals surface area contributed by atoms with Crippen molar-refractivity contribution >= 4 is 17.6 Å². The normalized spacial score (nSPS) is 24.4. The number of halogens is 1. The Hall–Kier alpha value is -2.61. The molecule has 1 aliphatic carbocycles. The number of piperidine rings is 1. The average molecular weight is 447 g/mol. The second-order valence-electron chi connectivity index (χ2n) is 9.10. The summed E-state index contributed by atoms with van der Waals surface area (Å²) >= 11 is 0. The van der Waals surface area contributed by atoms with Crippen LogP contribution in [-0.4, -0.2) is 70.9 Å². The first-order valence-corrected chi connectivity index (χ1v) is 11.5. The third-order valence-corrected chi connectivity index (χ3v) is 6.90. The molecule has 3 aliphatic rings. The fraction of sp³-hybridized carbons (Fsp3) is 0.583. The maximum absolute atomic E-state index is 14.7. The zero-order valence-electron chi connectivity index (χ0n) is 18.2. The van der Waals surface area contributed by atoms with E-state index >= 15 is 0 Å². The lowest BCUT2D eigenvalue weighted by Gasteiger charge is -2.29. The lowest BCUT2D eigenvalue weighted by molar-refractivity contribution is -0.135. The van der Waals surface area contributed by atoms with Gasteiger partial charge in [-0.1, -0.05) is 12.1 Å². The molecule has 2 N–H and O–H groups in total. The van der Waals surface area contributed by atoms with Crippen molar-refractivity contribution in [1.29, 1.82) is 0 Å². The molecule has 0 saturated carbocycles. The van der Waals surface area contributed by atoms with Crippen molar-refractivity contribution < 1.29 is 28.9 Å². The van der Waals surface area contributed by atoms with E-state index in [1.165, 1.54) is 11.0 Å². The number of amides is 2. The number of allylic oxidation sites excluding steroid dienone is 2. The van der Waals surface area contributed by atoms with E-state index < -0.39 is 18.0 Å². The number of carbonyl (C=O) groups is 2. The van der Waals surface area contributed by atoms with E-state index in [0.29, 0.717) is 52.0 Å². The topological polar surface area (TPSA) is 90.3 Å². The quantitative estimate of drug-likeness (QED) is 0.724. The van der Waals surface area contributed by atoms with Gasteiger partial charge in [0, 0.05) is 32.1 Å². The van der Waals surface area contributed by atoms with Gasteiger partial charge >= 0.3 is 6.09 Å². The standard InChI is InChI=1S/C24H31FN2O5/c25-21-13-19(5-6-22(21)32-15-16-7-10-26(11-8-16)24(30)31)17-1-3-18(4-2-17)23(29)27-12-9-20(28)14-27/h1,5-6,13,16,18,20,28H,2-4,7-12,14-15H2,(H,30,31)/t18?,20-/m1/s1. The molecule has 32 heavy (non-hydrogen) atoms. The number of ether oxygens (including phenoxy) is 1. The molecule has 4 rings (SSSR count). The van der Waals surface area contributed by atoms with Gasteiger partial charge in [-0.2, -0.15) is 0 Å². The summed E-state index contributed by atoms with van der Waals surface area (Å²) in [5, 5.41) is 18.7. The summed E-state index contributed by atoms with van der Waals surface area (Å²) in [5.74, 6) is 0.0732. The molecule has 0 aromatic heterocycles. The predicted molar refractivity (Wildman–Crippen MR) is 117 cm³/mol. The Labute approximate surface area is 187 Å². The van der Waals surface area contributed by atoms with Gasteiger partial charge in [0.1, 0.15) is 0 Å². The Morgan fingerprint density at radius 3 is 2.44 bits per heavy atom. The van der Waals surface area contributed by atoms with Gasteiger partial charge in [0.05, 0.1) is 12.7 Å². The highest BCUT2D eigenvalue weighted by molar-refractivity contribution is 5.81. The molecule has 0 spiro atoms. The Balaban J connectivity index is 1.29. The number of hydrogen-bond acceptors (Lipinski definition) is 4. The molecular weight excluding hydrogens is 415 g/mol. The van der Waals surface area contributed by atoms with Crippen LogP contribution in [0.25, 0.3) is 5.57 Å². The van der Waals surface area contributed by atoms with Gasteiger partial charge in [0.15, 0.2) is 11.6 Å². The SMILES string of the molecule is O=C(O)N1CCC(COc2ccc(C3=CCC(C(=O)N4CC[C@@H](O)C4)CC3)cc2F)CC1. The summed E-state index contributed by atoms with van der Waals surface area (Å²) in [7, 11) is 0. The largest absolute Gasteiger partial charge is 0.490 e. The number of rotatable bonds is 5. The van der Waals surface area contributed by atoms with Crippen molar-refractivity contribution in [1.82, 2.24) is 9.80 Å². The van der Waals surface area contributed by atoms with E-state index in [9.17, 15) is 19.1 Å². The molecule has 1 aromatic carbocycles. The minimum atomic E-state index is -0.895. The third-order valence-electron chi connectivity index (χ3n) is 6.90. The minimum absolute atomic E-state index is 0.0657. The number of β-amino-alcohol motifs (C(OH)–C–C–N with tert-alkyl or cyclic N) is 1. The van der Waals surface area contributed by atoms with Gasteiger partial charge in [-0.25, -0.2) is 9.18 Å². The number of likely N-dealkylation sites (tertiary alicyclic amines) is 2. The maximum atomic E-state index is 14.7. The minimum Gasteiger partial charge on any atom is -0.490 e. The Kier molecular flexibility index (Phi) is 6.98. The van der Waals surface area contributed by atoms with Crippen molar-refractivity contribution in [2.45, 2.75) is 44.6 Å². The Bertz CT molecular complexity index is 881. The third kappa shape index (κ3) is 5.23. The van der Waals surface area contributed by atoms with Crippen LogP contribution in [0.15, 0.2) is 24.3 Å². The number of benzene rings is 1. The number of carboxylic acid groups (broad SMARTS) is 1. The van der Waals surface area contributed by atoms with Crippen LogP contribution >= 0.6 is 0 Å². The first-order valence-electron chi connectivity index (χ1n) is 11.5. The van der Waals surface area contributed by atoms with E-state index in [2.05, 4.69) is 0 Å². The zero-order valence-corrected chi connectivity index (χ0v) is 18.2. The Morgan fingerprint density at radius 2 is 1.84 bits per heavy atom. The van der Waals surface area contributed by atoms with Crippen LogP contribution in [0, 0.1) is 17.7 Å². The molecule has 2 saturated heterocycles. The van der Waals surface area contributed by atoms with Crippen LogP contribution in [0.1, 0.15) is 44.1 Å². The summed E-state index contributed by atoms with van der Waals surface area (Å²) in [5.41, 5.74) is 1.86. The van der Waals surface area contributed by atoms with E-state index in [-0.39, 0.29) is 23.5 Å². The molecule has 2 aliphatic heterocycles. The second-order valence-corrected chi connectivity index (χ2v) is 9.10. The van der Waals surface area contributed by atoms with Crippen LogP contribution in [0.5, 0.6) is 5.75 Å². The molecule has 174 valence electrons. The van der Waals surface area contributed by atoms with Crippen LogP contribution in [0.4, 0.5) is 9.18 Å². The zero-order chi connectivity index (χ0) is 22.7. The van der Waals surface area contributed by atoms with Crippen molar-refractivity contribution in [3.05, 3.63) is 35.7 Å². The van der Waals surface area contributed by atoms with Gasteiger partial charge < -0.3 is 24.7 Å². The number of aliphatic hydroxyl groups excluding tert-OH is 1. The van der Waals surface area contributed by atoms with Crippen molar-refractivity contribution in [2.24, 2.45) is 11.8 Å². The van der Waals surface area contributed by atoms with E-state index in [1.807, 2.05) is 12.1 Å². The number of carbonyl (C=O) groups excluding carboxylic acids is 1. The van der Waals surface area contributed by atoms with E-state index in [0.717, 1.165) is 30.4 Å². The molecule has 0 bridgehead atoms. The van der Waals surface area contributed by atoms with Gasteiger partial charge in [0.25, 0.3) is 0 Å². The maximum Gasteiger partial charge on any atom is 0.407 e. The summed E-state index contributed by atoms with van der Waals surface area (Å²) in [6.45, 7) is 2.40. The molecular formula is C24H31FN2O5. The van der Waals surface area contributed by atoms with Crippen molar-refractivity contribution in [3.8, 4) is 5.75 Å². The van der Waals surface area contributed by atoms with Gasteiger partial charge in [-0.05, 0) is 67.7 Å². The van der Waals surface area contributed by atoms with Crippen LogP contribution in [0.3, 0.4) is 0 Å². The number of aliphatic hydroxyl groups is 1. The number of nitrogens with zero attached hydrogens (tertiary/aromatic N) is 2. The Morgan fingerprint density at radius 1 is 1.09 bits per heavy atom. The molecule has 2 atom stereocenters. The number of hydrogen-bond donors (Lipinski definition) is 2. The van der Waals surface area contributed by atoms with Crippen molar-refractivity contribution in [2.75, 3.05) is 32.8 Å². The van der Waals surface area contributed by atoms with E-state index in [1.54, 1.807) is 11.0 Å². The highest BCUT2D eigenvalue weighted by Crippen LogP contribution is 2.33. The van der Waals surface area contributed by atoms with Crippen LogP contribution in [0.2, 0.25) is 0 Å². The van der Waals surface area contributed by atoms with Gasteiger partial charge in [-0.3, -0.25) is 4.79 Å². The fourth-order valence-electron chi connectivity index (χ4n) is 4.84. The second kappa shape index (κ2) is 9.90. The molecule has 8 heteroatoms. The first kappa shape index (κ1) is 22.6. The monoisotopic (exact) mass is 446 g/mol. The highest BCUT2D eigenvalue weighted by atomic mass is 19.1. The lowest BCUT2D eigenvalue weighted by Crippen LogP contribution is -2.38. The molecule has 0 radical (unpaired) electrons.